The van der Waals surface area contributed by atoms with Crippen LogP contribution in [0, 0.1) is 5.82 Å². The van der Waals surface area contributed by atoms with Gasteiger partial charge in [0.2, 0.25) is 0 Å². The van der Waals surface area contributed by atoms with Gasteiger partial charge in [-0.2, -0.15) is 0 Å². The highest BCUT2D eigenvalue weighted by atomic mass is 31.2. The van der Waals surface area contributed by atoms with Gasteiger partial charge in [-0.15, -0.1) is 5.73 Å². The van der Waals surface area contributed by atoms with Crippen molar-refractivity contribution in [1.82, 2.24) is 0 Å². The van der Waals surface area contributed by atoms with Crippen LogP contribution in [0.3, 0.4) is 0 Å². The summed E-state index contributed by atoms with van der Waals surface area (Å²) in [6.45, 7) is 2.92. The maximum absolute atomic E-state index is 9.71. The van der Waals surface area contributed by atoms with Gasteiger partial charge < -0.3 is 9.79 Å². The number of rotatable bonds is 1. The molecule has 2 N–H and O–H groups in total. The molecule has 0 atom stereocenters. The normalized spacial score (nSPS) is 10.0. The Hall–Kier alpha value is -0.330. The molecule has 4 heteroatoms. The van der Waals surface area contributed by atoms with Gasteiger partial charge in [0, 0.05) is 0 Å². The van der Waals surface area contributed by atoms with E-state index in [-0.39, 0.29) is 0 Å². The minimum absolute atomic E-state index is 1.59. The molecule has 3 nitrogen and oxygen atoms in total. The Bertz CT molecular complexity index is 138. The molecule has 0 aromatic carbocycles. The Morgan fingerprint density at radius 1 is 1.57 bits per heavy atom. The van der Waals surface area contributed by atoms with E-state index < -0.39 is 7.60 Å². The van der Waals surface area contributed by atoms with E-state index in [2.05, 4.69) is 6.58 Å². The summed E-state index contributed by atoms with van der Waals surface area (Å²) in [5, 5.41) is 0. The van der Waals surface area contributed by atoms with Crippen molar-refractivity contribution in [3.8, 4) is 0 Å². The first-order valence-electron chi connectivity index (χ1n) is 1.41. The number of hydrogen-bond donors (Lipinski definition) is 2. The van der Waals surface area contributed by atoms with Gasteiger partial charge in [-0.1, -0.05) is 6.58 Å². The molecule has 0 unspecified atom stereocenters. The zero-order valence-corrected chi connectivity index (χ0v) is 4.35. The summed E-state index contributed by atoms with van der Waals surface area (Å²) in [5.41, 5.74) is 1.84. The third-order valence-electron chi connectivity index (χ3n) is 0.225. The van der Waals surface area contributed by atoms with Gasteiger partial charge in [0.15, 0.2) is 0 Å². The summed E-state index contributed by atoms with van der Waals surface area (Å²) in [6.07, 6.45) is 0. The molecule has 0 bridgehead atoms. The van der Waals surface area contributed by atoms with Gasteiger partial charge in [-0.05, 0) is 0 Å². The molecule has 0 aliphatic rings. The van der Waals surface area contributed by atoms with Crippen molar-refractivity contribution in [1.29, 1.82) is 0 Å². The first-order valence-corrected chi connectivity index (χ1v) is 3.02. The van der Waals surface area contributed by atoms with Crippen LogP contribution in [-0.4, -0.2) is 9.79 Å². The summed E-state index contributed by atoms with van der Waals surface area (Å²) < 4.78 is 9.71. The van der Waals surface area contributed by atoms with E-state index in [4.69, 9.17) is 9.79 Å². The van der Waals surface area contributed by atoms with Crippen LogP contribution in [0.5, 0.6) is 0 Å². The first kappa shape index (κ1) is 6.67. The van der Waals surface area contributed by atoms with Crippen molar-refractivity contribution in [2.75, 3.05) is 0 Å². The van der Waals surface area contributed by atoms with Crippen molar-refractivity contribution in [2.24, 2.45) is 0 Å². The lowest BCUT2D eigenvalue weighted by atomic mass is 11.0. The van der Waals surface area contributed by atoms with E-state index in [1.165, 1.54) is 0 Å². The third kappa shape index (κ3) is 5.67. The van der Waals surface area contributed by atoms with E-state index in [1.807, 2.05) is 5.73 Å². The average molecular weight is 119 g/mol. The zero-order valence-electron chi connectivity index (χ0n) is 3.46. The quantitative estimate of drug-likeness (QED) is 0.384. The maximum Gasteiger partial charge on any atom is 0.365 e. The minimum Gasteiger partial charge on any atom is -0.321 e. The molecular weight excluding hydrogens is 115 g/mol. The van der Waals surface area contributed by atoms with E-state index >= 15 is 0 Å². The lowest BCUT2D eigenvalue weighted by Crippen LogP contribution is -1.65. The average Bonchev–Trinajstić information content (AvgIpc) is 1.30. The van der Waals surface area contributed by atoms with Crippen molar-refractivity contribution in [2.45, 2.75) is 0 Å². The van der Waals surface area contributed by atoms with Crippen LogP contribution in [-0.2, 0) is 4.57 Å². The maximum atomic E-state index is 9.71. The van der Waals surface area contributed by atoms with Gasteiger partial charge in [-0.3, -0.25) is 4.57 Å². The molecule has 0 saturated heterocycles. The van der Waals surface area contributed by atoms with Crippen molar-refractivity contribution >= 4 is 7.60 Å². The topological polar surface area (TPSA) is 57.5 Å². The minimum atomic E-state index is -4.09. The van der Waals surface area contributed by atoms with E-state index in [0.29, 0.717) is 0 Å². The largest absolute Gasteiger partial charge is 0.365 e. The third-order valence-corrected chi connectivity index (χ3v) is 0.674. The van der Waals surface area contributed by atoms with Crippen LogP contribution in [0.4, 0.5) is 0 Å². The fraction of sp³-hybridized carbons (Fsp3) is 0. The van der Waals surface area contributed by atoms with E-state index in [9.17, 15) is 4.57 Å². The Kier molecular flexibility index (Phi) is 2.00. The van der Waals surface area contributed by atoms with Crippen LogP contribution in [0.15, 0.2) is 12.3 Å². The molecule has 0 heterocycles. The molecule has 0 aromatic rings. The summed E-state index contributed by atoms with van der Waals surface area (Å²) in [6, 6.07) is 0. The predicted molar refractivity (Wildman–Crippen MR) is 24.4 cm³/mol. The second kappa shape index (κ2) is 2.10. The summed E-state index contributed by atoms with van der Waals surface area (Å²) in [5.74, 6) is 1.59. The molecule has 0 aliphatic carbocycles. The molecule has 0 aliphatic heterocycles. The van der Waals surface area contributed by atoms with Gasteiger partial charge in [0.05, 0.1) is 0 Å². The smallest absolute Gasteiger partial charge is 0.321 e. The highest BCUT2D eigenvalue weighted by Gasteiger charge is 2.04. The highest BCUT2D eigenvalue weighted by Crippen LogP contribution is 2.33. The monoisotopic (exact) mass is 119 g/mol. The molecule has 7 heavy (non-hydrogen) atoms. The lowest BCUT2D eigenvalue weighted by Gasteiger charge is -1.86. The summed E-state index contributed by atoms with van der Waals surface area (Å²) in [4.78, 5) is 15.8. The van der Waals surface area contributed by atoms with Crippen molar-refractivity contribution in [3.05, 3.63) is 18.1 Å². The molecule has 0 rings (SSSR count). The molecule has 0 fully saturated rings. The fourth-order valence-electron chi connectivity index (χ4n) is 0.103. The Labute approximate surface area is 41.1 Å². The molecule has 0 spiro atoms. The lowest BCUT2D eigenvalue weighted by molar-refractivity contribution is 0.384. The predicted octanol–water partition coefficient (Wildman–Crippen LogP) is 0.266. The Balaban J connectivity index is 4.10. The molecular formula is C3H4O3P. The molecule has 39 valence electrons. The molecule has 0 amide bonds. The van der Waals surface area contributed by atoms with Crippen LogP contribution in [0.1, 0.15) is 0 Å². The van der Waals surface area contributed by atoms with Gasteiger partial charge in [-0.25, -0.2) is 0 Å². The Morgan fingerprint density at radius 2 is 2.00 bits per heavy atom. The van der Waals surface area contributed by atoms with Crippen molar-refractivity contribution < 1.29 is 14.4 Å². The van der Waals surface area contributed by atoms with Gasteiger partial charge >= 0.3 is 7.60 Å². The molecule has 1 radical (unpaired) electrons. The molecule has 0 saturated carbocycles. The summed E-state index contributed by atoms with van der Waals surface area (Å²) >= 11 is 0. The standard InChI is InChI=1S/C3H4O3P/c1-2-3-7(4,5)6/h1H2,(H2,4,5,6). The van der Waals surface area contributed by atoms with E-state index in [0.717, 1.165) is 0 Å². The van der Waals surface area contributed by atoms with Crippen LogP contribution < -0.4 is 0 Å². The summed E-state index contributed by atoms with van der Waals surface area (Å²) in [7, 11) is -4.09. The van der Waals surface area contributed by atoms with Gasteiger partial charge in [0.25, 0.3) is 0 Å². The molecule has 0 aromatic heterocycles. The zero-order chi connectivity index (χ0) is 5.91. The van der Waals surface area contributed by atoms with Crippen LogP contribution in [0.2, 0.25) is 0 Å². The van der Waals surface area contributed by atoms with E-state index in [1.54, 1.807) is 5.82 Å². The van der Waals surface area contributed by atoms with Gasteiger partial charge in [0.1, 0.15) is 5.82 Å². The number of hydrogen-bond acceptors (Lipinski definition) is 1. The second-order valence-corrected chi connectivity index (χ2v) is 2.14. The highest BCUT2D eigenvalue weighted by molar-refractivity contribution is 7.53. The van der Waals surface area contributed by atoms with Crippen molar-refractivity contribution in [3.63, 3.8) is 0 Å². The SMILES string of the molecule is C=C=[C]P(=O)(O)O. The second-order valence-electron chi connectivity index (χ2n) is 0.833. The Morgan fingerprint density at radius 3 is 2.00 bits per heavy atom. The van der Waals surface area contributed by atoms with Crippen LogP contribution >= 0.6 is 7.60 Å². The first-order chi connectivity index (χ1) is 3.06. The fourth-order valence-corrected chi connectivity index (χ4v) is 0.309. The van der Waals surface area contributed by atoms with Crippen LogP contribution in [0.25, 0.3) is 0 Å².